The van der Waals surface area contributed by atoms with Gasteiger partial charge in [-0.1, -0.05) is 66.4 Å². The molecule has 0 aromatic heterocycles. The number of carbonyl (C=O) groups is 2. The molecule has 1 fully saturated rings. The first kappa shape index (κ1) is 21.0. The molecule has 0 spiro atoms. The van der Waals surface area contributed by atoms with Crippen molar-refractivity contribution in [3.63, 3.8) is 0 Å². The molecule has 0 bridgehead atoms. The van der Waals surface area contributed by atoms with Crippen LogP contribution in [0, 0.1) is 5.82 Å². The molecule has 0 saturated carbocycles. The van der Waals surface area contributed by atoms with E-state index in [1.54, 1.807) is 42.5 Å². The van der Waals surface area contributed by atoms with Crippen LogP contribution in [-0.2, 0) is 11.3 Å². The zero-order valence-corrected chi connectivity index (χ0v) is 17.8. The molecule has 31 heavy (non-hydrogen) atoms. The second-order valence-corrected chi connectivity index (χ2v) is 8.58. The Balaban J connectivity index is 1.55. The number of hydrogen-bond donors (Lipinski definition) is 1. The van der Waals surface area contributed by atoms with Crippen molar-refractivity contribution in [2.75, 3.05) is 0 Å². The molecule has 1 heterocycles. The molecule has 4 nitrogen and oxygen atoms in total. The van der Waals surface area contributed by atoms with Crippen LogP contribution in [0.2, 0.25) is 0 Å². The number of carboxylic acids is 1. The zero-order chi connectivity index (χ0) is 22.0. The molecular weight excluding hydrogens is 433 g/mol. The summed E-state index contributed by atoms with van der Waals surface area (Å²) in [5.41, 5.74) is 3.65. The molecule has 1 aliphatic heterocycles. The van der Waals surface area contributed by atoms with Gasteiger partial charge in [-0.25, -0.2) is 9.18 Å². The SMILES string of the molecule is O=C(O)c1ccc(-c2cccc(C=C3SC(=S)N(Cc4ccc(F)cc4)C3=O)c2)cc1. The molecule has 1 saturated heterocycles. The Morgan fingerprint density at radius 3 is 2.42 bits per heavy atom. The first-order chi connectivity index (χ1) is 14.9. The maximum Gasteiger partial charge on any atom is 0.335 e. The van der Waals surface area contributed by atoms with Crippen molar-refractivity contribution < 1.29 is 19.1 Å². The Kier molecular flexibility index (Phi) is 5.97. The van der Waals surface area contributed by atoms with Gasteiger partial charge in [0.25, 0.3) is 5.91 Å². The van der Waals surface area contributed by atoms with Crippen molar-refractivity contribution in [1.82, 2.24) is 4.90 Å². The Bertz CT molecular complexity index is 1200. The minimum Gasteiger partial charge on any atom is -0.478 e. The van der Waals surface area contributed by atoms with Gasteiger partial charge in [-0.3, -0.25) is 9.69 Å². The van der Waals surface area contributed by atoms with E-state index in [4.69, 9.17) is 17.3 Å². The van der Waals surface area contributed by atoms with Crippen molar-refractivity contribution in [3.8, 4) is 11.1 Å². The monoisotopic (exact) mass is 449 g/mol. The molecule has 0 unspecified atom stereocenters. The zero-order valence-electron chi connectivity index (χ0n) is 16.1. The van der Waals surface area contributed by atoms with E-state index < -0.39 is 5.97 Å². The average Bonchev–Trinajstić information content (AvgIpc) is 3.03. The van der Waals surface area contributed by atoms with Gasteiger partial charge in [-0.2, -0.15) is 0 Å². The third-order valence-corrected chi connectivity index (χ3v) is 6.15. The van der Waals surface area contributed by atoms with Gasteiger partial charge in [0, 0.05) is 0 Å². The minimum absolute atomic E-state index is 0.185. The molecule has 0 radical (unpaired) electrons. The second kappa shape index (κ2) is 8.83. The Hall–Kier alpha value is -3.29. The standard InChI is InChI=1S/C24H16FNO3S2/c25-20-10-4-15(5-11-20)14-26-22(27)21(31-24(26)30)13-16-2-1-3-19(12-16)17-6-8-18(9-7-17)23(28)29/h1-13H,14H2,(H,28,29). The smallest absolute Gasteiger partial charge is 0.335 e. The van der Waals surface area contributed by atoms with Crippen LogP contribution in [0.5, 0.6) is 0 Å². The number of nitrogens with zero attached hydrogens (tertiary/aromatic N) is 1. The van der Waals surface area contributed by atoms with Crippen LogP contribution < -0.4 is 0 Å². The maximum atomic E-state index is 13.1. The van der Waals surface area contributed by atoms with Crippen LogP contribution >= 0.6 is 24.0 Å². The van der Waals surface area contributed by atoms with E-state index in [1.165, 1.54) is 28.8 Å². The van der Waals surface area contributed by atoms with E-state index in [0.29, 0.717) is 9.23 Å². The summed E-state index contributed by atoms with van der Waals surface area (Å²) in [6.45, 7) is 0.290. The van der Waals surface area contributed by atoms with Gasteiger partial charge >= 0.3 is 5.97 Å². The van der Waals surface area contributed by atoms with Gasteiger partial charge in [-0.05, 0) is 58.7 Å². The fourth-order valence-corrected chi connectivity index (χ4v) is 4.43. The molecule has 4 rings (SSSR count). The summed E-state index contributed by atoms with van der Waals surface area (Å²) in [5, 5.41) is 9.05. The van der Waals surface area contributed by atoms with Crippen LogP contribution in [0.1, 0.15) is 21.5 Å². The number of aromatic carboxylic acids is 1. The summed E-state index contributed by atoms with van der Waals surface area (Å²) >= 11 is 6.61. The van der Waals surface area contributed by atoms with Crippen LogP contribution in [0.15, 0.2) is 77.7 Å². The highest BCUT2D eigenvalue weighted by Gasteiger charge is 2.31. The minimum atomic E-state index is -0.969. The molecule has 0 aliphatic carbocycles. The second-order valence-electron chi connectivity index (χ2n) is 6.90. The molecule has 3 aromatic rings. The normalized spacial score (nSPS) is 15.0. The number of rotatable bonds is 5. The van der Waals surface area contributed by atoms with Crippen molar-refractivity contribution >= 4 is 46.3 Å². The van der Waals surface area contributed by atoms with Crippen LogP contribution in [0.3, 0.4) is 0 Å². The molecule has 3 aromatic carbocycles. The van der Waals surface area contributed by atoms with E-state index in [-0.39, 0.29) is 23.8 Å². The largest absolute Gasteiger partial charge is 0.478 e. The molecule has 0 atom stereocenters. The summed E-state index contributed by atoms with van der Waals surface area (Å²) < 4.78 is 13.6. The highest BCUT2D eigenvalue weighted by molar-refractivity contribution is 8.26. The van der Waals surface area contributed by atoms with Gasteiger partial charge in [0.2, 0.25) is 0 Å². The molecular formula is C24H16FNO3S2. The Morgan fingerprint density at radius 2 is 1.74 bits per heavy atom. The van der Waals surface area contributed by atoms with Crippen molar-refractivity contribution in [2.45, 2.75) is 6.54 Å². The van der Waals surface area contributed by atoms with Crippen LogP contribution in [-0.4, -0.2) is 26.2 Å². The van der Waals surface area contributed by atoms with Gasteiger partial charge in [0.15, 0.2) is 0 Å². The number of benzene rings is 3. The summed E-state index contributed by atoms with van der Waals surface area (Å²) in [4.78, 5) is 25.9. The molecule has 1 amide bonds. The average molecular weight is 450 g/mol. The fraction of sp³-hybridized carbons (Fsp3) is 0.0417. The van der Waals surface area contributed by atoms with Crippen LogP contribution in [0.25, 0.3) is 17.2 Å². The lowest BCUT2D eigenvalue weighted by molar-refractivity contribution is -0.122. The number of amides is 1. The van der Waals surface area contributed by atoms with Gasteiger partial charge in [0.1, 0.15) is 10.1 Å². The van der Waals surface area contributed by atoms with E-state index in [1.807, 2.05) is 24.3 Å². The van der Waals surface area contributed by atoms with Gasteiger partial charge < -0.3 is 5.11 Å². The van der Waals surface area contributed by atoms with E-state index in [0.717, 1.165) is 22.3 Å². The lowest BCUT2D eigenvalue weighted by atomic mass is 10.0. The summed E-state index contributed by atoms with van der Waals surface area (Å²) in [5.74, 6) is -1.48. The van der Waals surface area contributed by atoms with E-state index in [2.05, 4.69) is 0 Å². The molecule has 1 aliphatic rings. The summed E-state index contributed by atoms with van der Waals surface area (Å²) in [6, 6.07) is 20.2. The highest BCUT2D eigenvalue weighted by Crippen LogP contribution is 2.34. The van der Waals surface area contributed by atoms with Crippen molar-refractivity contribution in [2.24, 2.45) is 0 Å². The van der Waals surface area contributed by atoms with E-state index >= 15 is 0 Å². The predicted octanol–water partition coefficient (Wildman–Crippen LogP) is 5.59. The lowest BCUT2D eigenvalue weighted by Crippen LogP contribution is -2.27. The number of halogens is 1. The number of carbonyl (C=O) groups excluding carboxylic acids is 1. The van der Waals surface area contributed by atoms with Gasteiger partial charge in [0.05, 0.1) is 17.0 Å². The number of carboxylic acid groups (broad SMARTS) is 1. The van der Waals surface area contributed by atoms with Crippen LogP contribution in [0.4, 0.5) is 4.39 Å². The number of hydrogen-bond acceptors (Lipinski definition) is 4. The maximum absolute atomic E-state index is 13.1. The van der Waals surface area contributed by atoms with Crippen molar-refractivity contribution in [3.05, 3.63) is 100 Å². The van der Waals surface area contributed by atoms with Crippen molar-refractivity contribution in [1.29, 1.82) is 0 Å². The topological polar surface area (TPSA) is 57.6 Å². The quantitative estimate of drug-likeness (QED) is 0.406. The fourth-order valence-electron chi connectivity index (χ4n) is 3.17. The summed E-state index contributed by atoms with van der Waals surface area (Å²) in [6.07, 6.45) is 1.79. The lowest BCUT2D eigenvalue weighted by Gasteiger charge is -2.14. The third kappa shape index (κ3) is 4.73. The Morgan fingerprint density at radius 1 is 1.03 bits per heavy atom. The Labute approximate surface area is 188 Å². The van der Waals surface area contributed by atoms with Gasteiger partial charge in [-0.15, -0.1) is 0 Å². The number of thiocarbonyl (C=S) groups is 1. The predicted molar refractivity (Wildman–Crippen MR) is 124 cm³/mol. The third-order valence-electron chi connectivity index (χ3n) is 4.78. The first-order valence-corrected chi connectivity index (χ1v) is 10.6. The first-order valence-electron chi connectivity index (χ1n) is 9.34. The molecule has 1 N–H and O–H groups in total. The summed E-state index contributed by atoms with van der Waals surface area (Å²) in [7, 11) is 0. The molecule has 7 heteroatoms. The number of thioether (sulfide) groups is 1. The highest BCUT2D eigenvalue weighted by atomic mass is 32.2. The molecule has 154 valence electrons. The van der Waals surface area contributed by atoms with E-state index in [9.17, 15) is 14.0 Å².